The first-order valence-electron chi connectivity index (χ1n) is 8.86. The van der Waals surface area contributed by atoms with Gasteiger partial charge in [-0.2, -0.15) is 0 Å². The standard InChI is InChI=1S/C19H28N4O/c1-22(2)11-12-23-10-8-16-4-5-17(13-18(16)23)21-19(24)6-3-15-7-9-20-14-15/h4-5,8,10,13,15,20H,3,6-7,9,11-12,14H2,1-2H3,(H,21,24). The van der Waals surface area contributed by atoms with Gasteiger partial charge in [0.05, 0.1) is 5.52 Å². The molecular weight excluding hydrogens is 300 g/mol. The van der Waals surface area contributed by atoms with Crippen LogP contribution in [0.4, 0.5) is 5.69 Å². The third-order valence-electron chi connectivity index (χ3n) is 4.79. The van der Waals surface area contributed by atoms with Crippen LogP contribution in [0.3, 0.4) is 0 Å². The van der Waals surface area contributed by atoms with Gasteiger partial charge in [-0.3, -0.25) is 4.79 Å². The third kappa shape index (κ3) is 4.36. The van der Waals surface area contributed by atoms with Gasteiger partial charge in [0.2, 0.25) is 5.91 Å². The van der Waals surface area contributed by atoms with E-state index in [4.69, 9.17) is 0 Å². The van der Waals surface area contributed by atoms with Crippen LogP contribution in [-0.2, 0) is 11.3 Å². The number of anilines is 1. The van der Waals surface area contributed by atoms with Crippen LogP contribution in [0.5, 0.6) is 0 Å². The number of amides is 1. The molecule has 130 valence electrons. The first-order valence-corrected chi connectivity index (χ1v) is 8.86. The lowest BCUT2D eigenvalue weighted by Crippen LogP contribution is -2.18. The Labute approximate surface area is 144 Å². The van der Waals surface area contributed by atoms with Crippen LogP contribution in [0.2, 0.25) is 0 Å². The monoisotopic (exact) mass is 328 g/mol. The van der Waals surface area contributed by atoms with Crippen molar-refractivity contribution in [2.24, 2.45) is 5.92 Å². The van der Waals surface area contributed by atoms with Crippen molar-refractivity contribution in [3.05, 3.63) is 30.5 Å². The summed E-state index contributed by atoms with van der Waals surface area (Å²) in [6.45, 7) is 4.09. The predicted molar refractivity (Wildman–Crippen MR) is 99.3 cm³/mol. The van der Waals surface area contributed by atoms with E-state index in [1.54, 1.807) is 0 Å². The van der Waals surface area contributed by atoms with Crippen LogP contribution < -0.4 is 10.6 Å². The van der Waals surface area contributed by atoms with E-state index in [2.05, 4.69) is 58.6 Å². The van der Waals surface area contributed by atoms with Gasteiger partial charge in [-0.25, -0.2) is 0 Å². The minimum atomic E-state index is 0.118. The van der Waals surface area contributed by atoms with Gasteiger partial charge in [0.15, 0.2) is 0 Å². The van der Waals surface area contributed by atoms with Crippen LogP contribution in [0.25, 0.3) is 10.9 Å². The Kier molecular flexibility index (Phi) is 5.53. The zero-order chi connectivity index (χ0) is 16.9. The van der Waals surface area contributed by atoms with Gasteiger partial charge in [0, 0.05) is 31.4 Å². The van der Waals surface area contributed by atoms with Crippen molar-refractivity contribution in [2.75, 3.05) is 39.0 Å². The molecule has 0 bridgehead atoms. The first kappa shape index (κ1) is 17.0. The van der Waals surface area contributed by atoms with Crippen molar-refractivity contribution < 1.29 is 4.79 Å². The smallest absolute Gasteiger partial charge is 0.224 e. The summed E-state index contributed by atoms with van der Waals surface area (Å²) in [5.41, 5.74) is 2.07. The Morgan fingerprint density at radius 2 is 2.25 bits per heavy atom. The number of benzene rings is 1. The quantitative estimate of drug-likeness (QED) is 0.821. The lowest BCUT2D eigenvalue weighted by atomic mass is 10.0. The number of hydrogen-bond donors (Lipinski definition) is 2. The van der Waals surface area contributed by atoms with Gasteiger partial charge < -0.3 is 20.1 Å². The Morgan fingerprint density at radius 1 is 1.38 bits per heavy atom. The lowest BCUT2D eigenvalue weighted by Gasteiger charge is -2.12. The molecule has 24 heavy (non-hydrogen) atoms. The Morgan fingerprint density at radius 3 is 3.00 bits per heavy atom. The molecular formula is C19H28N4O. The number of carbonyl (C=O) groups is 1. The number of fused-ring (bicyclic) bond motifs is 1. The summed E-state index contributed by atoms with van der Waals surface area (Å²) in [5.74, 6) is 0.772. The summed E-state index contributed by atoms with van der Waals surface area (Å²) in [4.78, 5) is 14.4. The molecule has 0 aliphatic carbocycles. The molecule has 2 heterocycles. The summed E-state index contributed by atoms with van der Waals surface area (Å²) < 4.78 is 2.25. The SMILES string of the molecule is CN(C)CCn1ccc2ccc(NC(=O)CCC3CCNC3)cc21. The van der Waals surface area contributed by atoms with Crippen molar-refractivity contribution in [2.45, 2.75) is 25.8 Å². The molecule has 2 N–H and O–H groups in total. The highest BCUT2D eigenvalue weighted by atomic mass is 16.1. The van der Waals surface area contributed by atoms with Crippen molar-refractivity contribution in [1.82, 2.24) is 14.8 Å². The van der Waals surface area contributed by atoms with Crippen LogP contribution >= 0.6 is 0 Å². The van der Waals surface area contributed by atoms with Gasteiger partial charge in [0.1, 0.15) is 0 Å². The molecule has 1 saturated heterocycles. The van der Waals surface area contributed by atoms with Crippen LogP contribution in [0, 0.1) is 5.92 Å². The number of nitrogens with one attached hydrogen (secondary N) is 2. The maximum Gasteiger partial charge on any atom is 0.224 e. The van der Waals surface area contributed by atoms with E-state index in [0.29, 0.717) is 12.3 Å². The second kappa shape index (κ2) is 7.81. The van der Waals surface area contributed by atoms with Crippen molar-refractivity contribution in [1.29, 1.82) is 0 Å². The number of likely N-dealkylation sites (N-methyl/N-ethyl adjacent to an activating group) is 1. The number of hydrogen-bond acceptors (Lipinski definition) is 3. The number of aromatic nitrogens is 1. The van der Waals surface area contributed by atoms with Crippen LogP contribution in [0.15, 0.2) is 30.5 Å². The lowest BCUT2D eigenvalue weighted by molar-refractivity contribution is -0.116. The molecule has 1 aromatic heterocycles. The molecule has 1 aromatic carbocycles. The van der Waals surface area contributed by atoms with Crippen molar-refractivity contribution in [3.8, 4) is 0 Å². The fourth-order valence-corrected chi connectivity index (χ4v) is 3.28. The molecule has 1 fully saturated rings. The van der Waals surface area contributed by atoms with Gasteiger partial charge in [0.25, 0.3) is 0 Å². The van der Waals surface area contributed by atoms with Crippen molar-refractivity contribution in [3.63, 3.8) is 0 Å². The fraction of sp³-hybridized carbons (Fsp3) is 0.526. The average Bonchev–Trinajstić information content (AvgIpc) is 3.20. The minimum Gasteiger partial charge on any atom is -0.346 e. The van der Waals surface area contributed by atoms with E-state index >= 15 is 0 Å². The topological polar surface area (TPSA) is 49.3 Å². The minimum absolute atomic E-state index is 0.118. The Balaban J connectivity index is 1.61. The summed E-state index contributed by atoms with van der Waals surface area (Å²) in [6.07, 6.45) is 4.89. The molecule has 1 aliphatic rings. The Bertz CT molecular complexity index is 686. The summed E-state index contributed by atoms with van der Waals surface area (Å²) in [5, 5.41) is 7.62. The second-order valence-electron chi connectivity index (χ2n) is 7.03. The molecule has 0 spiro atoms. The molecule has 0 saturated carbocycles. The van der Waals surface area contributed by atoms with E-state index in [1.165, 1.54) is 17.3 Å². The highest BCUT2D eigenvalue weighted by Gasteiger charge is 2.15. The van der Waals surface area contributed by atoms with Crippen LogP contribution in [-0.4, -0.2) is 49.1 Å². The third-order valence-corrected chi connectivity index (χ3v) is 4.79. The fourth-order valence-electron chi connectivity index (χ4n) is 3.28. The average molecular weight is 328 g/mol. The first-order chi connectivity index (χ1) is 11.6. The molecule has 2 aromatic rings. The maximum absolute atomic E-state index is 12.2. The second-order valence-corrected chi connectivity index (χ2v) is 7.03. The van der Waals surface area contributed by atoms with E-state index in [0.717, 1.165) is 38.3 Å². The number of carbonyl (C=O) groups excluding carboxylic acids is 1. The molecule has 0 radical (unpaired) electrons. The van der Waals surface area contributed by atoms with E-state index < -0.39 is 0 Å². The van der Waals surface area contributed by atoms with Crippen molar-refractivity contribution >= 4 is 22.5 Å². The predicted octanol–water partition coefficient (Wildman–Crippen LogP) is 2.53. The zero-order valence-electron chi connectivity index (χ0n) is 14.7. The number of nitrogens with zero attached hydrogens (tertiary/aromatic N) is 2. The van der Waals surface area contributed by atoms with E-state index in [-0.39, 0.29) is 5.91 Å². The summed E-state index contributed by atoms with van der Waals surface area (Å²) >= 11 is 0. The van der Waals surface area contributed by atoms with Gasteiger partial charge in [-0.05, 0) is 69.5 Å². The van der Waals surface area contributed by atoms with Gasteiger partial charge in [-0.15, -0.1) is 0 Å². The normalized spacial score (nSPS) is 17.7. The van der Waals surface area contributed by atoms with Gasteiger partial charge in [-0.1, -0.05) is 6.07 Å². The highest BCUT2D eigenvalue weighted by Crippen LogP contribution is 2.21. The maximum atomic E-state index is 12.2. The Hall–Kier alpha value is -1.85. The molecule has 1 amide bonds. The van der Waals surface area contributed by atoms with Gasteiger partial charge >= 0.3 is 0 Å². The summed E-state index contributed by atoms with van der Waals surface area (Å²) in [6, 6.07) is 8.29. The molecule has 3 rings (SSSR count). The molecule has 1 aliphatic heterocycles. The molecule has 5 heteroatoms. The molecule has 1 atom stereocenters. The molecule has 5 nitrogen and oxygen atoms in total. The zero-order valence-corrected chi connectivity index (χ0v) is 14.7. The highest BCUT2D eigenvalue weighted by molar-refractivity contribution is 5.93. The number of rotatable bonds is 7. The van der Waals surface area contributed by atoms with Crippen LogP contribution in [0.1, 0.15) is 19.3 Å². The van der Waals surface area contributed by atoms with E-state index in [9.17, 15) is 4.79 Å². The largest absolute Gasteiger partial charge is 0.346 e. The summed E-state index contributed by atoms with van der Waals surface area (Å²) in [7, 11) is 4.16. The molecule has 1 unspecified atom stereocenters. The van der Waals surface area contributed by atoms with E-state index in [1.807, 2.05) is 6.07 Å².